The number of hydrogen-bond donors (Lipinski definition) is 0. The summed E-state index contributed by atoms with van der Waals surface area (Å²) in [5, 5.41) is 0. The van der Waals surface area contributed by atoms with Crippen LogP contribution in [0.4, 0.5) is 0 Å². The fourth-order valence-corrected chi connectivity index (χ4v) is 1.88. The van der Waals surface area contributed by atoms with Crippen molar-refractivity contribution < 1.29 is 4.74 Å². The Morgan fingerprint density at radius 2 is 1.93 bits per heavy atom. The van der Waals surface area contributed by atoms with Gasteiger partial charge in [-0.3, -0.25) is 0 Å². The highest BCUT2D eigenvalue weighted by Crippen LogP contribution is 2.17. The minimum absolute atomic E-state index is 0.579. The first-order valence-electron chi connectivity index (χ1n) is 4.66. The van der Waals surface area contributed by atoms with Gasteiger partial charge in [0.25, 0.3) is 0 Å². The van der Waals surface area contributed by atoms with Gasteiger partial charge in [0.05, 0.1) is 13.2 Å². The maximum absolute atomic E-state index is 5.48. The molecule has 0 spiro atoms. The summed E-state index contributed by atoms with van der Waals surface area (Å²) in [5.74, 6) is 1.56. The molecule has 1 aromatic rings. The van der Waals surface area contributed by atoms with Crippen molar-refractivity contribution in [3.8, 4) is 0 Å². The largest absolute Gasteiger partial charge is 0.379 e. The SMILES string of the molecule is Cc1ccc(SCCOCCCl)cc1. The molecule has 1 rings (SSSR count). The molecule has 0 saturated carbocycles. The number of ether oxygens (including phenoxy) is 1. The average molecular weight is 231 g/mol. The summed E-state index contributed by atoms with van der Waals surface area (Å²) in [6.07, 6.45) is 0. The molecular formula is C11H15ClOS. The molecule has 0 saturated heterocycles. The molecule has 78 valence electrons. The van der Waals surface area contributed by atoms with E-state index >= 15 is 0 Å². The molecular weight excluding hydrogens is 216 g/mol. The molecule has 0 aliphatic carbocycles. The van der Waals surface area contributed by atoms with E-state index in [1.54, 1.807) is 0 Å². The van der Waals surface area contributed by atoms with E-state index in [0.717, 1.165) is 12.4 Å². The Morgan fingerprint density at radius 1 is 1.21 bits per heavy atom. The Balaban J connectivity index is 2.15. The normalized spacial score (nSPS) is 10.4. The van der Waals surface area contributed by atoms with E-state index in [2.05, 4.69) is 31.2 Å². The molecule has 3 heteroatoms. The van der Waals surface area contributed by atoms with Crippen molar-refractivity contribution in [2.24, 2.45) is 0 Å². The van der Waals surface area contributed by atoms with Crippen LogP contribution in [0.2, 0.25) is 0 Å². The number of rotatable bonds is 6. The highest BCUT2D eigenvalue weighted by atomic mass is 35.5. The van der Waals surface area contributed by atoms with Crippen LogP contribution in [0.1, 0.15) is 5.56 Å². The van der Waals surface area contributed by atoms with Gasteiger partial charge >= 0.3 is 0 Å². The molecule has 0 amide bonds. The third-order valence-corrected chi connectivity index (χ3v) is 2.87. The van der Waals surface area contributed by atoms with E-state index in [0.29, 0.717) is 12.5 Å². The smallest absolute Gasteiger partial charge is 0.0602 e. The van der Waals surface area contributed by atoms with E-state index in [9.17, 15) is 0 Å². The molecule has 14 heavy (non-hydrogen) atoms. The molecule has 0 fully saturated rings. The molecule has 0 heterocycles. The van der Waals surface area contributed by atoms with E-state index in [4.69, 9.17) is 16.3 Å². The predicted octanol–water partition coefficient (Wildman–Crippen LogP) is 3.34. The quantitative estimate of drug-likeness (QED) is 0.421. The first-order chi connectivity index (χ1) is 6.83. The zero-order valence-corrected chi connectivity index (χ0v) is 9.90. The van der Waals surface area contributed by atoms with Crippen LogP contribution in [0, 0.1) is 6.92 Å². The van der Waals surface area contributed by atoms with Gasteiger partial charge in [-0.1, -0.05) is 17.7 Å². The molecule has 0 aliphatic rings. The second-order valence-electron chi connectivity index (χ2n) is 2.96. The first kappa shape index (κ1) is 11.9. The lowest BCUT2D eigenvalue weighted by Gasteiger charge is -2.02. The summed E-state index contributed by atoms with van der Waals surface area (Å²) in [6.45, 7) is 3.51. The van der Waals surface area contributed by atoms with Crippen molar-refractivity contribution in [2.45, 2.75) is 11.8 Å². The Kier molecular flexibility index (Phi) is 6.08. The molecule has 0 aromatic heterocycles. The average Bonchev–Trinajstić information content (AvgIpc) is 2.21. The molecule has 1 nitrogen and oxygen atoms in total. The molecule has 1 aromatic carbocycles. The van der Waals surface area contributed by atoms with Gasteiger partial charge in [0.15, 0.2) is 0 Å². The van der Waals surface area contributed by atoms with E-state index < -0.39 is 0 Å². The fraction of sp³-hybridized carbons (Fsp3) is 0.455. The second-order valence-corrected chi connectivity index (χ2v) is 4.51. The van der Waals surface area contributed by atoms with Crippen molar-refractivity contribution in [3.05, 3.63) is 29.8 Å². The van der Waals surface area contributed by atoms with E-state index in [1.165, 1.54) is 10.5 Å². The van der Waals surface area contributed by atoms with Crippen LogP contribution < -0.4 is 0 Å². The van der Waals surface area contributed by atoms with Crippen molar-refractivity contribution in [3.63, 3.8) is 0 Å². The summed E-state index contributed by atoms with van der Waals surface area (Å²) in [6, 6.07) is 8.53. The lowest BCUT2D eigenvalue weighted by atomic mass is 10.2. The molecule has 0 unspecified atom stereocenters. The Morgan fingerprint density at radius 3 is 2.57 bits per heavy atom. The van der Waals surface area contributed by atoms with Crippen LogP contribution in [0.25, 0.3) is 0 Å². The number of hydrogen-bond acceptors (Lipinski definition) is 2. The molecule has 0 aliphatic heterocycles. The fourth-order valence-electron chi connectivity index (χ4n) is 1.01. The first-order valence-corrected chi connectivity index (χ1v) is 6.18. The summed E-state index contributed by atoms with van der Waals surface area (Å²) in [7, 11) is 0. The van der Waals surface area contributed by atoms with Gasteiger partial charge in [-0.25, -0.2) is 0 Å². The summed E-state index contributed by atoms with van der Waals surface area (Å²) < 4.78 is 5.28. The molecule has 0 atom stereocenters. The van der Waals surface area contributed by atoms with Crippen LogP contribution in [-0.2, 0) is 4.74 Å². The van der Waals surface area contributed by atoms with Gasteiger partial charge in [0.1, 0.15) is 0 Å². The van der Waals surface area contributed by atoms with E-state index in [1.807, 2.05) is 11.8 Å². The van der Waals surface area contributed by atoms with Gasteiger partial charge < -0.3 is 4.74 Å². The highest BCUT2D eigenvalue weighted by Gasteiger charge is 1.93. The van der Waals surface area contributed by atoms with Crippen molar-refractivity contribution in [2.75, 3.05) is 24.8 Å². The third kappa shape index (κ3) is 4.89. The predicted molar refractivity (Wildman–Crippen MR) is 63.4 cm³/mol. The Bertz CT molecular complexity index is 248. The topological polar surface area (TPSA) is 9.23 Å². The zero-order valence-electron chi connectivity index (χ0n) is 8.33. The van der Waals surface area contributed by atoms with Gasteiger partial charge in [0.2, 0.25) is 0 Å². The Hall–Kier alpha value is -0.180. The standard InChI is InChI=1S/C11H15ClOS/c1-10-2-4-11(5-3-10)14-9-8-13-7-6-12/h2-5H,6-9H2,1H3. The lowest BCUT2D eigenvalue weighted by Crippen LogP contribution is -1.99. The second kappa shape index (κ2) is 7.16. The number of thioether (sulfide) groups is 1. The van der Waals surface area contributed by atoms with Crippen molar-refractivity contribution >= 4 is 23.4 Å². The zero-order chi connectivity index (χ0) is 10.2. The van der Waals surface area contributed by atoms with Crippen LogP contribution in [0.3, 0.4) is 0 Å². The highest BCUT2D eigenvalue weighted by molar-refractivity contribution is 7.99. The van der Waals surface area contributed by atoms with Crippen LogP contribution >= 0.6 is 23.4 Å². The maximum Gasteiger partial charge on any atom is 0.0602 e. The minimum atomic E-state index is 0.579. The Labute approximate surface area is 94.8 Å². The van der Waals surface area contributed by atoms with Crippen LogP contribution in [0.5, 0.6) is 0 Å². The molecule has 0 N–H and O–H groups in total. The monoisotopic (exact) mass is 230 g/mol. The van der Waals surface area contributed by atoms with Crippen LogP contribution in [-0.4, -0.2) is 24.8 Å². The third-order valence-electron chi connectivity index (χ3n) is 1.74. The van der Waals surface area contributed by atoms with Gasteiger partial charge in [-0.2, -0.15) is 0 Å². The summed E-state index contributed by atoms with van der Waals surface area (Å²) in [5.41, 5.74) is 1.30. The molecule has 0 radical (unpaired) electrons. The number of alkyl halides is 1. The van der Waals surface area contributed by atoms with E-state index in [-0.39, 0.29) is 0 Å². The van der Waals surface area contributed by atoms with Gasteiger partial charge in [0, 0.05) is 16.5 Å². The van der Waals surface area contributed by atoms with Crippen molar-refractivity contribution in [1.29, 1.82) is 0 Å². The lowest BCUT2D eigenvalue weighted by molar-refractivity contribution is 0.166. The van der Waals surface area contributed by atoms with Crippen molar-refractivity contribution in [1.82, 2.24) is 0 Å². The number of halogens is 1. The summed E-state index contributed by atoms with van der Waals surface area (Å²) in [4.78, 5) is 1.30. The number of benzene rings is 1. The summed E-state index contributed by atoms with van der Waals surface area (Å²) >= 11 is 7.29. The van der Waals surface area contributed by atoms with Crippen LogP contribution in [0.15, 0.2) is 29.2 Å². The number of aryl methyl sites for hydroxylation is 1. The molecule has 0 bridgehead atoms. The van der Waals surface area contributed by atoms with Gasteiger partial charge in [-0.15, -0.1) is 23.4 Å². The van der Waals surface area contributed by atoms with Gasteiger partial charge in [-0.05, 0) is 19.1 Å². The minimum Gasteiger partial charge on any atom is -0.379 e. The maximum atomic E-state index is 5.48.